The number of rotatable bonds is 4. The van der Waals surface area contributed by atoms with Gasteiger partial charge in [0.2, 0.25) is 0 Å². The highest BCUT2D eigenvalue weighted by molar-refractivity contribution is 9.10. The molecule has 0 bridgehead atoms. The largest absolute Gasteiger partial charge is 0.492 e. The van der Waals surface area contributed by atoms with Gasteiger partial charge in [-0.15, -0.1) is 0 Å². The van der Waals surface area contributed by atoms with Crippen LogP contribution in [0.5, 0.6) is 5.75 Å². The fourth-order valence-corrected chi connectivity index (χ4v) is 2.09. The molecule has 0 radical (unpaired) electrons. The maximum Gasteiger partial charge on any atom is 0.341 e. The molecular formula is C13H17BrO3. The van der Waals surface area contributed by atoms with Gasteiger partial charge in [0.25, 0.3) is 0 Å². The highest BCUT2D eigenvalue weighted by Gasteiger charge is 2.18. The Balaban J connectivity index is 3.33. The zero-order valence-corrected chi connectivity index (χ0v) is 12.1. The van der Waals surface area contributed by atoms with Crippen LogP contribution in [0.1, 0.15) is 42.6 Å². The van der Waals surface area contributed by atoms with Crippen molar-refractivity contribution >= 4 is 21.9 Å². The molecular weight excluding hydrogens is 284 g/mol. The van der Waals surface area contributed by atoms with Crippen LogP contribution in [-0.4, -0.2) is 19.7 Å². The van der Waals surface area contributed by atoms with Crippen LogP contribution in [0.4, 0.5) is 0 Å². The molecule has 0 aromatic heterocycles. The lowest BCUT2D eigenvalue weighted by molar-refractivity contribution is 0.0596. The van der Waals surface area contributed by atoms with Crippen molar-refractivity contribution in [3.8, 4) is 5.75 Å². The minimum absolute atomic E-state index is 0.338. The van der Waals surface area contributed by atoms with Gasteiger partial charge in [-0.25, -0.2) is 4.79 Å². The summed E-state index contributed by atoms with van der Waals surface area (Å²) >= 11 is 3.43. The minimum Gasteiger partial charge on any atom is -0.492 e. The number of hydrogen-bond acceptors (Lipinski definition) is 3. The van der Waals surface area contributed by atoms with Gasteiger partial charge < -0.3 is 9.47 Å². The molecule has 0 heterocycles. The van der Waals surface area contributed by atoms with Crippen molar-refractivity contribution in [3.63, 3.8) is 0 Å². The van der Waals surface area contributed by atoms with Crippen LogP contribution in [0.25, 0.3) is 0 Å². The van der Waals surface area contributed by atoms with Crippen LogP contribution >= 0.6 is 15.9 Å². The van der Waals surface area contributed by atoms with Gasteiger partial charge in [-0.1, -0.05) is 13.8 Å². The van der Waals surface area contributed by atoms with E-state index in [2.05, 4.69) is 29.8 Å². The number of carbonyl (C=O) groups is 1. The number of esters is 1. The lowest BCUT2D eigenvalue weighted by Gasteiger charge is -2.14. The third-order valence-electron chi connectivity index (χ3n) is 2.43. The summed E-state index contributed by atoms with van der Waals surface area (Å²) in [6.45, 7) is 6.53. The topological polar surface area (TPSA) is 35.5 Å². The van der Waals surface area contributed by atoms with E-state index < -0.39 is 0 Å². The van der Waals surface area contributed by atoms with E-state index in [0.29, 0.717) is 23.8 Å². The smallest absolute Gasteiger partial charge is 0.341 e. The minimum atomic E-state index is -0.378. The molecule has 4 heteroatoms. The summed E-state index contributed by atoms with van der Waals surface area (Å²) in [6.07, 6.45) is 0. The van der Waals surface area contributed by atoms with Crippen molar-refractivity contribution in [1.82, 2.24) is 0 Å². The Bertz CT molecular complexity index is 413. The first-order valence-corrected chi connectivity index (χ1v) is 6.35. The van der Waals surface area contributed by atoms with Crippen LogP contribution < -0.4 is 4.74 Å². The first-order chi connectivity index (χ1) is 8.01. The van der Waals surface area contributed by atoms with Gasteiger partial charge in [0.15, 0.2) is 0 Å². The van der Waals surface area contributed by atoms with E-state index in [-0.39, 0.29) is 5.97 Å². The average Bonchev–Trinajstić information content (AvgIpc) is 2.30. The summed E-state index contributed by atoms with van der Waals surface area (Å²) < 4.78 is 11.0. The van der Waals surface area contributed by atoms with Crippen molar-refractivity contribution < 1.29 is 14.3 Å². The number of ether oxygens (including phenoxy) is 2. The Labute approximate surface area is 110 Å². The molecule has 0 N–H and O–H groups in total. The molecule has 1 aromatic rings. The third-order valence-corrected chi connectivity index (χ3v) is 3.02. The zero-order valence-electron chi connectivity index (χ0n) is 10.5. The first kappa shape index (κ1) is 14.0. The van der Waals surface area contributed by atoms with Crippen LogP contribution in [0.15, 0.2) is 16.6 Å². The molecule has 0 spiro atoms. The van der Waals surface area contributed by atoms with E-state index in [1.54, 1.807) is 0 Å². The second kappa shape index (κ2) is 6.05. The number of methoxy groups -OCH3 is 1. The van der Waals surface area contributed by atoms with Gasteiger partial charge >= 0.3 is 5.97 Å². The van der Waals surface area contributed by atoms with Gasteiger partial charge in [0, 0.05) is 0 Å². The predicted octanol–water partition coefficient (Wildman–Crippen LogP) is 3.76. The quantitative estimate of drug-likeness (QED) is 0.794. The molecule has 94 valence electrons. The summed E-state index contributed by atoms with van der Waals surface area (Å²) in [4.78, 5) is 11.7. The van der Waals surface area contributed by atoms with E-state index in [1.807, 2.05) is 19.1 Å². The normalized spacial score (nSPS) is 10.5. The van der Waals surface area contributed by atoms with Crippen LogP contribution in [0.3, 0.4) is 0 Å². The molecule has 17 heavy (non-hydrogen) atoms. The standard InChI is InChI=1S/C13H17BrO3/c1-5-17-12-10(13(15)16-4)6-9(8(2)3)7-11(12)14/h6-8H,5H2,1-4H3. The monoisotopic (exact) mass is 300 g/mol. The Morgan fingerprint density at radius 1 is 1.41 bits per heavy atom. The lowest BCUT2D eigenvalue weighted by atomic mass is 10.0. The summed E-state index contributed by atoms with van der Waals surface area (Å²) in [5.41, 5.74) is 1.54. The van der Waals surface area contributed by atoms with Crippen molar-refractivity contribution in [2.24, 2.45) is 0 Å². The number of hydrogen-bond donors (Lipinski definition) is 0. The highest BCUT2D eigenvalue weighted by Crippen LogP contribution is 2.33. The van der Waals surface area contributed by atoms with Gasteiger partial charge in [-0.2, -0.15) is 0 Å². The number of benzene rings is 1. The van der Waals surface area contributed by atoms with Crippen molar-refractivity contribution in [2.75, 3.05) is 13.7 Å². The van der Waals surface area contributed by atoms with Crippen molar-refractivity contribution in [2.45, 2.75) is 26.7 Å². The molecule has 1 rings (SSSR count). The van der Waals surface area contributed by atoms with Gasteiger partial charge in [-0.3, -0.25) is 0 Å². The SMILES string of the molecule is CCOc1c(Br)cc(C(C)C)cc1C(=O)OC. The van der Waals surface area contributed by atoms with Crippen LogP contribution in [0.2, 0.25) is 0 Å². The highest BCUT2D eigenvalue weighted by atomic mass is 79.9. The lowest BCUT2D eigenvalue weighted by Crippen LogP contribution is -2.07. The van der Waals surface area contributed by atoms with Crippen LogP contribution in [-0.2, 0) is 4.74 Å². The number of halogens is 1. The Kier molecular flexibility index (Phi) is 5.00. The average molecular weight is 301 g/mol. The number of carbonyl (C=O) groups excluding carboxylic acids is 1. The Hall–Kier alpha value is -1.03. The second-order valence-corrected chi connectivity index (χ2v) is 4.81. The molecule has 0 saturated heterocycles. The Morgan fingerprint density at radius 2 is 2.06 bits per heavy atom. The van der Waals surface area contributed by atoms with E-state index in [9.17, 15) is 4.79 Å². The molecule has 1 aromatic carbocycles. The van der Waals surface area contributed by atoms with Gasteiger partial charge in [-0.05, 0) is 46.5 Å². The molecule has 3 nitrogen and oxygen atoms in total. The molecule has 0 amide bonds. The summed E-state index contributed by atoms with van der Waals surface area (Å²) in [5.74, 6) is 0.505. The van der Waals surface area contributed by atoms with Crippen molar-refractivity contribution in [3.05, 3.63) is 27.7 Å². The third kappa shape index (κ3) is 3.22. The zero-order chi connectivity index (χ0) is 13.0. The predicted molar refractivity (Wildman–Crippen MR) is 70.7 cm³/mol. The van der Waals surface area contributed by atoms with Gasteiger partial charge in [0.1, 0.15) is 11.3 Å². The van der Waals surface area contributed by atoms with Crippen LogP contribution in [0, 0.1) is 0 Å². The molecule has 0 saturated carbocycles. The molecule has 0 fully saturated rings. The molecule has 0 aliphatic carbocycles. The summed E-state index contributed by atoms with van der Waals surface area (Å²) in [7, 11) is 1.37. The van der Waals surface area contributed by atoms with E-state index in [1.165, 1.54) is 7.11 Å². The maximum atomic E-state index is 11.7. The van der Waals surface area contributed by atoms with Gasteiger partial charge in [0.05, 0.1) is 18.2 Å². The van der Waals surface area contributed by atoms with Crippen molar-refractivity contribution in [1.29, 1.82) is 0 Å². The van der Waals surface area contributed by atoms with E-state index >= 15 is 0 Å². The van der Waals surface area contributed by atoms with E-state index in [0.717, 1.165) is 10.0 Å². The second-order valence-electron chi connectivity index (χ2n) is 3.96. The molecule has 0 aliphatic heterocycles. The molecule has 0 unspecified atom stereocenters. The summed E-state index contributed by atoms with van der Waals surface area (Å²) in [5, 5.41) is 0. The van der Waals surface area contributed by atoms with E-state index in [4.69, 9.17) is 9.47 Å². The fraction of sp³-hybridized carbons (Fsp3) is 0.462. The first-order valence-electron chi connectivity index (χ1n) is 5.55. The molecule has 0 atom stereocenters. The maximum absolute atomic E-state index is 11.7. The summed E-state index contributed by atoms with van der Waals surface area (Å²) in [6, 6.07) is 3.80. The molecule has 0 aliphatic rings. The fourth-order valence-electron chi connectivity index (χ4n) is 1.50. The Morgan fingerprint density at radius 3 is 2.53 bits per heavy atom.